The highest BCUT2D eigenvalue weighted by Crippen LogP contribution is 2.50. The van der Waals surface area contributed by atoms with Crippen LogP contribution in [0.25, 0.3) is 0 Å². The molecule has 0 unspecified atom stereocenters. The molecular weight excluding hydrogens is 198 g/mol. The lowest BCUT2D eigenvalue weighted by molar-refractivity contribution is -0.144. The largest absolute Gasteiger partial charge is 0.466 e. The van der Waals surface area contributed by atoms with Gasteiger partial charge in [-0.25, -0.2) is 4.98 Å². The van der Waals surface area contributed by atoms with Gasteiger partial charge in [0.1, 0.15) is 0 Å². The average molecular weight is 211 g/mol. The molecule has 1 aliphatic carbocycles. The lowest BCUT2D eigenvalue weighted by atomic mass is 10.2. The number of hydrogen-bond acceptors (Lipinski definition) is 4. The van der Waals surface area contributed by atoms with E-state index in [9.17, 15) is 4.79 Å². The van der Waals surface area contributed by atoms with Crippen molar-refractivity contribution in [1.29, 1.82) is 0 Å². The van der Waals surface area contributed by atoms with Crippen molar-refractivity contribution in [2.75, 3.05) is 6.61 Å². The number of carbonyl (C=O) groups is 1. The molecule has 1 aromatic rings. The first-order valence-corrected chi connectivity index (χ1v) is 5.68. The fraction of sp³-hybridized carbons (Fsp3) is 0.600. The van der Waals surface area contributed by atoms with Crippen molar-refractivity contribution >= 4 is 17.3 Å². The molecule has 0 radical (unpaired) electrons. The predicted octanol–water partition coefficient (Wildman–Crippen LogP) is 2.12. The first-order chi connectivity index (χ1) is 6.74. The Hall–Kier alpha value is -0.900. The number of carbonyl (C=O) groups excluding carboxylic acids is 1. The highest BCUT2D eigenvalue weighted by Gasteiger charge is 2.46. The SMILES string of the molecule is CCOC(=O)[C@H]1C[C@@H]1c1scnc1C. The maximum Gasteiger partial charge on any atom is 0.309 e. The van der Waals surface area contributed by atoms with E-state index in [1.54, 1.807) is 11.3 Å². The van der Waals surface area contributed by atoms with E-state index in [0.717, 1.165) is 12.1 Å². The Kier molecular flexibility index (Phi) is 2.54. The van der Waals surface area contributed by atoms with E-state index >= 15 is 0 Å². The third-order valence-electron chi connectivity index (χ3n) is 2.50. The van der Waals surface area contributed by atoms with Gasteiger partial charge >= 0.3 is 5.97 Å². The molecule has 2 rings (SSSR count). The zero-order valence-corrected chi connectivity index (χ0v) is 9.13. The molecule has 1 aromatic heterocycles. The molecule has 0 spiro atoms. The van der Waals surface area contributed by atoms with E-state index in [-0.39, 0.29) is 11.9 Å². The van der Waals surface area contributed by atoms with Gasteiger partial charge in [-0.05, 0) is 20.3 Å². The van der Waals surface area contributed by atoms with E-state index in [2.05, 4.69) is 4.98 Å². The Balaban J connectivity index is 1.99. The third-order valence-corrected chi connectivity index (χ3v) is 3.56. The van der Waals surface area contributed by atoms with Gasteiger partial charge in [0.2, 0.25) is 0 Å². The summed E-state index contributed by atoms with van der Waals surface area (Å²) in [5.74, 6) is 0.418. The van der Waals surface area contributed by atoms with Gasteiger partial charge in [0.05, 0.1) is 23.7 Å². The van der Waals surface area contributed by atoms with Crippen molar-refractivity contribution in [2.45, 2.75) is 26.2 Å². The van der Waals surface area contributed by atoms with Crippen molar-refractivity contribution in [3.05, 3.63) is 16.1 Å². The molecule has 0 aliphatic heterocycles. The van der Waals surface area contributed by atoms with Crippen LogP contribution in [0.2, 0.25) is 0 Å². The Labute approximate surface area is 87.1 Å². The average Bonchev–Trinajstić information content (AvgIpc) is 2.84. The Morgan fingerprint density at radius 1 is 1.79 bits per heavy atom. The number of nitrogens with zero attached hydrogens (tertiary/aromatic N) is 1. The van der Waals surface area contributed by atoms with Crippen molar-refractivity contribution in [2.24, 2.45) is 5.92 Å². The van der Waals surface area contributed by atoms with E-state index in [1.807, 2.05) is 19.4 Å². The van der Waals surface area contributed by atoms with Gasteiger partial charge in [-0.1, -0.05) is 0 Å². The van der Waals surface area contributed by atoms with Crippen LogP contribution in [-0.4, -0.2) is 17.6 Å². The highest BCUT2D eigenvalue weighted by atomic mass is 32.1. The molecule has 0 saturated heterocycles. The van der Waals surface area contributed by atoms with Crippen LogP contribution < -0.4 is 0 Å². The van der Waals surface area contributed by atoms with Crippen molar-refractivity contribution in [1.82, 2.24) is 4.98 Å². The lowest BCUT2D eigenvalue weighted by Crippen LogP contribution is -2.07. The predicted molar refractivity (Wildman–Crippen MR) is 54.3 cm³/mol. The number of aromatic nitrogens is 1. The van der Waals surface area contributed by atoms with Crippen LogP contribution in [0.15, 0.2) is 5.51 Å². The summed E-state index contributed by atoms with van der Waals surface area (Å²) in [5.41, 5.74) is 2.90. The fourth-order valence-corrected chi connectivity index (χ4v) is 2.64. The maximum absolute atomic E-state index is 11.4. The summed E-state index contributed by atoms with van der Waals surface area (Å²) < 4.78 is 4.98. The maximum atomic E-state index is 11.4. The van der Waals surface area contributed by atoms with Crippen molar-refractivity contribution in [3.8, 4) is 0 Å². The van der Waals surface area contributed by atoms with Gasteiger partial charge < -0.3 is 4.74 Å². The van der Waals surface area contributed by atoms with E-state index in [0.29, 0.717) is 12.5 Å². The molecule has 14 heavy (non-hydrogen) atoms. The number of esters is 1. The Bertz CT molecular complexity index is 348. The van der Waals surface area contributed by atoms with Crippen molar-refractivity contribution in [3.63, 3.8) is 0 Å². The molecule has 0 aromatic carbocycles. The summed E-state index contributed by atoms with van der Waals surface area (Å²) in [5, 5.41) is 0. The lowest BCUT2D eigenvalue weighted by Gasteiger charge is -1.99. The summed E-state index contributed by atoms with van der Waals surface area (Å²) >= 11 is 1.64. The minimum Gasteiger partial charge on any atom is -0.466 e. The zero-order valence-electron chi connectivity index (χ0n) is 8.32. The van der Waals surface area contributed by atoms with Gasteiger partial charge in [-0.15, -0.1) is 11.3 Å². The second-order valence-electron chi connectivity index (χ2n) is 3.50. The molecule has 3 nitrogen and oxygen atoms in total. The molecule has 0 N–H and O–H groups in total. The van der Waals surface area contributed by atoms with Crippen LogP contribution in [0, 0.1) is 12.8 Å². The van der Waals surface area contributed by atoms with E-state index in [1.165, 1.54) is 4.88 Å². The molecule has 0 bridgehead atoms. The fourth-order valence-electron chi connectivity index (χ4n) is 1.66. The Morgan fingerprint density at radius 2 is 2.57 bits per heavy atom. The van der Waals surface area contributed by atoms with Gasteiger partial charge in [0.25, 0.3) is 0 Å². The van der Waals surface area contributed by atoms with E-state index in [4.69, 9.17) is 4.74 Å². The van der Waals surface area contributed by atoms with Crippen LogP contribution in [0.5, 0.6) is 0 Å². The van der Waals surface area contributed by atoms with Gasteiger partial charge in [0, 0.05) is 10.8 Å². The van der Waals surface area contributed by atoms with Crippen LogP contribution in [0.3, 0.4) is 0 Å². The first-order valence-electron chi connectivity index (χ1n) is 4.80. The molecule has 1 aliphatic rings. The zero-order chi connectivity index (χ0) is 10.1. The summed E-state index contributed by atoms with van der Waals surface area (Å²) in [6.45, 7) is 4.31. The minimum absolute atomic E-state index is 0.0506. The van der Waals surface area contributed by atoms with Gasteiger partial charge in [-0.3, -0.25) is 4.79 Å². The molecule has 76 valence electrons. The molecular formula is C10H13NO2S. The summed E-state index contributed by atoms with van der Waals surface area (Å²) in [6, 6.07) is 0. The molecule has 2 atom stereocenters. The standard InChI is InChI=1S/C10H13NO2S/c1-3-13-10(12)8-4-7(8)9-6(2)11-5-14-9/h5,7-8H,3-4H2,1-2H3/t7-,8-/m0/s1. The normalized spacial score (nSPS) is 24.7. The highest BCUT2D eigenvalue weighted by molar-refractivity contribution is 7.09. The number of thiazole rings is 1. The number of hydrogen-bond donors (Lipinski definition) is 0. The first kappa shape index (κ1) is 9.65. The summed E-state index contributed by atoms with van der Waals surface area (Å²) in [4.78, 5) is 16.8. The Morgan fingerprint density at radius 3 is 3.14 bits per heavy atom. The van der Waals surface area contributed by atoms with Crippen LogP contribution in [-0.2, 0) is 9.53 Å². The molecule has 1 fully saturated rings. The molecule has 0 amide bonds. The van der Waals surface area contributed by atoms with Crippen LogP contribution in [0.1, 0.15) is 29.8 Å². The molecule has 1 heterocycles. The second kappa shape index (κ2) is 3.69. The van der Waals surface area contributed by atoms with Crippen LogP contribution >= 0.6 is 11.3 Å². The third kappa shape index (κ3) is 1.66. The number of ether oxygens (including phenoxy) is 1. The monoisotopic (exact) mass is 211 g/mol. The number of aryl methyl sites for hydroxylation is 1. The van der Waals surface area contributed by atoms with Gasteiger partial charge in [-0.2, -0.15) is 0 Å². The second-order valence-corrected chi connectivity index (χ2v) is 4.39. The number of rotatable bonds is 3. The van der Waals surface area contributed by atoms with Crippen LogP contribution in [0.4, 0.5) is 0 Å². The molecule has 4 heteroatoms. The van der Waals surface area contributed by atoms with Crippen molar-refractivity contribution < 1.29 is 9.53 Å². The smallest absolute Gasteiger partial charge is 0.309 e. The van der Waals surface area contributed by atoms with Gasteiger partial charge in [0.15, 0.2) is 0 Å². The summed E-state index contributed by atoms with van der Waals surface area (Å²) in [6.07, 6.45) is 0.932. The molecule has 1 saturated carbocycles. The summed E-state index contributed by atoms with van der Waals surface area (Å²) in [7, 11) is 0. The van der Waals surface area contributed by atoms with E-state index < -0.39 is 0 Å². The quantitative estimate of drug-likeness (QED) is 0.719. The topological polar surface area (TPSA) is 39.2 Å². The minimum atomic E-state index is -0.0506.